The van der Waals surface area contributed by atoms with E-state index in [-0.39, 0.29) is 0 Å². The molecule has 1 spiro atoms. The summed E-state index contributed by atoms with van der Waals surface area (Å²) >= 11 is 0. The van der Waals surface area contributed by atoms with Crippen LogP contribution in [0.1, 0.15) is 22.3 Å². The average molecular weight is 1130 g/mol. The van der Waals surface area contributed by atoms with Gasteiger partial charge in [-0.2, -0.15) is 0 Å². The van der Waals surface area contributed by atoms with Crippen molar-refractivity contribution < 1.29 is 0 Å². The number of hydrogen-bond acceptors (Lipinski definition) is 0. The summed E-state index contributed by atoms with van der Waals surface area (Å²) in [5.41, 5.74) is 27.8. The molecule has 0 bridgehead atoms. The van der Waals surface area contributed by atoms with Crippen molar-refractivity contribution in [3.8, 4) is 67.3 Å². The van der Waals surface area contributed by atoms with Crippen molar-refractivity contribution in [2.45, 2.75) is 5.41 Å². The Hall–Kier alpha value is -11.7. The number of nitrogens with zero attached hydrogens (tertiary/aromatic N) is 4. The quantitative estimate of drug-likeness (QED) is 0.167. The first kappa shape index (κ1) is 48.5. The predicted molar refractivity (Wildman–Crippen MR) is 371 cm³/mol. The van der Waals surface area contributed by atoms with E-state index in [1.165, 1.54) is 132 Å². The third kappa shape index (κ3) is 6.51. The minimum atomic E-state index is -0.839. The standard InChI is InChI=1S/C85H52N4/c1-3-23-53(24-4-1)86-77-39-19-13-33-63(77)67-45-43-55(47-81(67)86)88-80-42-22-16-36-66(80)72-50-75-70(51-83(72)88)60-30-10-8-28-58(60)57-27-7-9-29-59(57)69-49-71-65-35-15-21-41-79(65)89(84(71)52-76(69)85(75)73-37-17-11-31-61(73)62-32-12-18-38-74(62)85)56-44-46-68-64-34-14-20-40-78(64)87(82(68)48-56)54-25-5-2-6-26-54/h1-52H. The van der Waals surface area contributed by atoms with E-state index in [0.29, 0.717) is 0 Å². The Balaban J connectivity index is 0.945. The minimum absolute atomic E-state index is 0.839. The van der Waals surface area contributed by atoms with Gasteiger partial charge in [-0.25, -0.2) is 0 Å². The van der Waals surface area contributed by atoms with Gasteiger partial charge in [-0.3, -0.25) is 0 Å². The van der Waals surface area contributed by atoms with Crippen LogP contribution in [-0.4, -0.2) is 18.3 Å². The molecule has 89 heavy (non-hydrogen) atoms. The van der Waals surface area contributed by atoms with Gasteiger partial charge in [0.2, 0.25) is 0 Å². The van der Waals surface area contributed by atoms with Crippen molar-refractivity contribution in [1.82, 2.24) is 18.3 Å². The van der Waals surface area contributed by atoms with Crippen LogP contribution in [0.3, 0.4) is 0 Å². The highest BCUT2D eigenvalue weighted by atomic mass is 15.0. The van der Waals surface area contributed by atoms with Crippen LogP contribution in [0.5, 0.6) is 0 Å². The molecule has 0 saturated carbocycles. The van der Waals surface area contributed by atoms with Gasteiger partial charge in [0.1, 0.15) is 0 Å². The summed E-state index contributed by atoms with van der Waals surface area (Å²) in [5, 5.41) is 9.77. The fourth-order valence-electron chi connectivity index (χ4n) is 16.4. The molecule has 0 unspecified atom stereocenters. The Morgan fingerprint density at radius 3 is 0.921 bits per heavy atom. The van der Waals surface area contributed by atoms with E-state index >= 15 is 0 Å². The minimum Gasteiger partial charge on any atom is -0.309 e. The summed E-state index contributed by atoms with van der Waals surface area (Å²) < 4.78 is 9.96. The van der Waals surface area contributed by atoms with Crippen molar-refractivity contribution in [2.24, 2.45) is 0 Å². The monoisotopic (exact) mass is 1130 g/mol. The first-order valence-corrected chi connectivity index (χ1v) is 30.9. The fourth-order valence-corrected chi connectivity index (χ4v) is 16.4. The van der Waals surface area contributed by atoms with Crippen molar-refractivity contribution >= 4 is 87.2 Å². The maximum atomic E-state index is 2.62. The van der Waals surface area contributed by atoms with Gasteiger partial charge < -0.3 is 18.3 Å². The molecule has 4 aromatic heterocycles. The van der Waals surface area contributed by atoms with Gasteiger partial charge in [-0.1, -0.05) is 218 Å². The van der Waals surface area contributed by atoms with Crippen LogP contribution < -0.4 is 0 Å². The van der Waals surface area contributed by atoms with Crippen LogP contribution in [0.2, 0.25) is 0 Å². The molecule has 4 heterocycles. The number of rotatable bonds is 4. The van der Waals surface area contributed by atoms with Crippen LogP contribution in [0.15, 0.2) is 315 Å². The van der Waals surface area contributed by atoms with Crippen molar-refractivity contribution in [2.75, 3.05) is 0 Å². The molecule has 412 valence electrons. The number of para-hydroxylation sites is 6. The maximum Gasteiger partial charge on any atom is 0.0726 e. The Kier molecular flexibility index (Phi) is 9.90. The van der Waals surface area contributed by atoms with E-state index in [9.17, 15) is 0 Å². The molecule has 0 N–H and O–H groups in total. The van der Waals surface area contributed by atoms with Gasteiger partial charge in [0.05, 0.1) is 49.5 Å². The first-order chi connectivity index (χ1) is 44.2. The molecule has 20 rings (SSSR count). The summed E-state index contributed by atoms with van der Waals surface area (Å²) in [6.07, 6.45) is 0. The lowest BCUT2D eigenvalue weighted by Crippen LogP contribution is -2.30. The Morgan fingerprint density at radius 1 is 0.157 bits per heavy atom. The van der Waals surface area contributed by atoms with Crippen molar-refractivity contribution in [1.29, 1.82) is 0 Å². The maximum absolute atomic E-state index is 2.62. The molecule has 0 amide bonds. The van der Waals surface area contributed by atoms with E-state index in [2.05, 4.69) is 334 Å². The third-order valence-electron chi connectivity index (χ3n) is 20.0. The van der Waals surface area contributed by atoms with Crippen molar-refractivity contribution in [3.05, 3.63) is 338 Å². The van der Waals surface area contributed by atoms with Crippen LogP contribution in [0, 0.1) is 0 Å². The number of fused-ring (bicyclic) bond motifs is 26. The summed E-state index contributed by atoms with van der Waals surface area (Å²) in [4.78, 5) is 0. The summed E-state index contributed by atoms with van der Waals surface area (Å²) in [7, 11) is 0. The molecule has 0 fully saturated rings. The first-order valence-electron chi connectivity index (χ1n) is 30.9. The molecule has 2 aliphatic carbocycles. The lowest BCUT2D eigenvalue weighted by Gasteiger charge is -2.37. The molecule has 0 saturated heterocycles. The van der Waals surface area contributed by atoms with Gasteiger partial charge in [0.25, 0.3) is 0 Å². The molecule has 14 aromatic carbocycles. The number of aromatic nitrogens is 4. The zero-order valence-electron chi connectivity index (χ0n) is 48.3. The smallest absolute Gasteiger partial charge is 0.0726 e. The molecule has 4 nitrogen and oxygen atoms in total. The highest BCUT2D eigenvalue weighted by molar-refractivity contribution is 6.17. The number of hydrogen-bond donors (Lipinski definition) is 0. The summed E-state index contributed by atoms with van der Waals surface area (Å²) in [6, 6.07) is 119. The molecule has 0 atom stereocenters. The molecule has 0 aliphatic heterocycles. The van der Waals surface area contributed by atoms with Crippen molar-refractivity contribution in [3.63, 3.8) is 0 Å². The zero-order valence-corrected chi connectivity index (χ0v) is 48.3. The lowest BCUT2D eigenvalue weighted by atomic mass is 9.64. The van der Waals surface area contributed by atoms with Gasteiger partial charge in [-0.15, -0.1) is 0 Å². The SMILES string of the molecule is c1ccc(-n2c3ccccc3c3ccc(-n4c5ccccc5c5cc6c(cc54)-c4ccccc4-c4ccccc4-c4cc5c7ccccc7n(-c7ccc8c9ccccc9n(-c9ccccc9)c8c7)c5cc4C64c5ccccc5-c5ccccc54)cc32)cc1. The zero-order chi connectivity index (χ0) is 58.1. The van der Waals surface area contributed by atoms with Crippen LogP contribution in [-0.2, 0) is 5.41 Å². The van der Waals surface area contributed by atoms with Gasteiger partial charge in [-0.05, 0) is 164 Å². The molecular weight excluding hydrogens is 1080 g/mol. The molecule has 0 radical (unpaired) electrons. The largest absolute Gasteiger partial charge is 0.309 e. The van der Waals surface area contributed by atoms with Gasteiger partial charge in [0.15, 0.2) is 0 Å². The Bertz CT molecular complexity index is 6000. The molecule has 2 aliphatic rings. The second-order valence-electron chi connectivity index (χ2n) is 24.2. The van der Waals surface area contributed by atoms with E-state index in [4.69, 9.17) is 0 Å². The number of benzene rings is 14. The van der Waals surface area contributed by atoms with Crippen LogP contribution >= 0.6 is 0 Å². The molecular formula is C85H52N4. The van der Waals surface area contributed by atoms with Gasteiger partial charge >= 0.3 is 0 Å². The fraction of sp³-hybridized carbons (Fsp3) is 0.0118. The third-order valence-corrected chi connectivity index (χ3v) is 20.0. The van der Waals surface area contributed by atoms with E-state index in [0.717, 1.165) is 44.8 Å². The highest BCUT2D eigenvalue weighted by Gasteiger charge is 2.50. The Labute approximate surface area is 512 Å². The molecule has 18 aromatic rings. The highest BCUT2D eigenvalue weighted by Crippen LogP contribution is 2.62. The normalized spacial score (nSPS) is 13.0. The topological polar surface area (TPSA) is 19.7 Å². The predicted octanol–water partition coefficient (Wildman–Crippen LogP) is 21.8. The Morgan fingerprint density at radius 2 is 0.461 bits per heavy atom. The van der Waals surface area contributed by atoms with E-state index < -0.39 is 5.41 Å². The lowest BCUT2D eigenvalue weighted by molar-refractivity contribution is 0.775. The molecule has 4 heteroatoms. The summed E-state index contributed by atoms with van der Waals surface area (Å²) in [6.45, 7) is 0. The summed E-state index contributed by atoms with van der Waals surface area (Å²) in [5.74, 6) is 0. The van der Waals surface area contributed by atoms with Gasteiger partial charge in [0, 0.05) is 65.8 Å². The average Bonchev–Trinajstić information content (AvgIpc) is 1.59. The second-order valence-corrected chi connectivity index (χ2v) is 24.2. The van der Waals surface area contributed by atoms with Crippen LogP contribution in [0.25, 0.3) is 154 Å². The van der Waals surface area contributed by atoms with Crippen LogP contribution in [0.4, 0.5) is 0 Å². The second kappa shape index (κ2) is 18.2. The van der Waals surface area contributed by atoms with E-state index in [1.807, 2.05) is 0 Å². The van der Waals surface area contributed by atoms with E-state index in [1.54, 1.807) is 0 Å².